The summed E-state index contributed by atoms with van der Waals surface area (Å²) >= 11 is 0. The number of aliphatic hydroxyl groups is 1. The SMILES string of the molecule is COCCC(C)(C)CNCC(C)(O)C(=O)OC. The maximum Gasteiger partial charge on any atom is 0.338 e. The molecule has 5 nitrogen and oxygen atoms in total. The summed E-state index contributed by atoms with van der Waals surface area (Å²) in [5.74, 6) is -0.625. The highest BCUT2D eigenvalue weighted by molar-refractivity contribution is 5.78. The summed E-state index contributed by atoms with van der Waals surface area (Å²) in [7, 11) is 2.94. The predicted molar refractivity (Wildman–Crippen MR) is 65.8 cm³/mol. The zero-order valence-corrected chi connectivity index (χ0v) is 11.5. The highest BCUT2D eigenvalue weighted by atomic mass is 16.5. The molecule has 0 saturated carbocycles. The highest BCUT2D eigenvalue weighted by Crippen LogP contribution is 2.19. The number of esters is 1. The van der Waals surface area contributed by atoms with Gasteiger partial charge in [-0.25, -0.2) is 4.79 Å². The maximum atomic E-state index is 11.2. The predicted octanol–water partition coefficient (Wildman–Crippen LogP) is 0.563. The molecule has 0 heterocycles. The molecule has 0 bridgehead atoms. The number of rotatable bonds is 8. The Bertz CT molecular complexity index is 239. The van der Waals surface area contributed by atoms with Crippen molar-refractivity contribution in [3.8, 4) is 0 Å². The van der Waals surface area contributed by atoms with Gasteiger partial charge in [-0.3, -0.25) is 0 Å². The molecule has 0 rings (SSSR count). The lowest BCUT2D eigenvalue weighted by Crippen LogP contribution is -2.47. The van der Waals surface area contributed by atoms with Gasteiger partial charge in [-0.2, -0.15) is 0 Å². The van der Waals surface area contributed by atoms with Gasteiger partial charge in [-0.05, 0) is 18.8 Å². The van der Waals surface area contributed by atoms with Gasteiger partial charge in [-0.1, -0.05) is 13.8 Å². The molecule has 0 aliphatic heterocycles. The van der Waals surface area contributed by atoms with Crippen molar-refractivity contribution in [2.75, 3.05) is 33.9 Å². The lowest BCUT2D eigenvalue weighted by atomic mass is 9.89. The average molecular weight is 247 g/mol. The number of carbonyl (C=O) groups excluding carboxylic acids is 1. The third kappa shape index (κ3) is 6.61. The summed E-state index contributed by atoms with van der Waals surface area (Å²) in [5.41, 5.74) is -1.42. The first-order valence-electron chi connectivity index (χ1n) is 5.75. The van der Waals surface area contributed by atoms with Crippen LogP contribution in [-0.2, 0) is 14.3 Å². The molecule has 0 aromatic rings. The Hall–Kier alpha value is -0.650. The van der Waals surface area contributed by atoms with E-state index in [-0.39, 0.29) is 12.0 Å². The minimum atomic E-state index is -1.48. The lowest BCUT2D eigenvalue weighted by Gasteiger charge is -2.27. The van der Waals surface area contributed by atoms with Crippen LogP contribution in [-0.4, -0.2) is 50.6 Å². The van der Waals surface area contributed by atoms with E-state index in [4.69, 9.17) is 4.74 Å². The van der Waals surface area contributed by atoms with Gasteiger partial charge in [0.15, 0.2) is 5.60 Å². The highest BCUT2D eigenvalue weighted by Gasteiger charge is 2.31. The first-order valence-corrected chi connectivity index (χ1v) is 5.75. The molecule has 102 valence electrons. The summed E-state index contributed by atoms with van der Waals surface area (Å²) in [5, 5.41) is 12.9. The molecule has 1 unspecified atom stereocenters. The Balaban J connectivity index is 4.01. The zero-order valence-electron chi connectivity index (χ0n) is 11.5. The lowest BCUT2D eigenvalue weighted by molar-refractivity contribution is -0.160. The van der Waals surface area contributed by atoms with Crippen molar-refractivity contribution in [3.05, 3.63) is 0 Å². The molecule has 0 spiro atoms. The number of hydrogen-bond acceptors (Lipinski definition) is 5. The van der Waals surface area contributed by atoms with Crippen molar-refractivity contribution in [1.29, 1.82) is 0 Å². The van der Waals surface area contributed by atoms with Crippen LogP contribution in [0.3, 0.4) is 0 Å². The van der Waals surface area contributed by atoms with Gasteiger partial charge >= 0.3 is 5.97 Å². The average Bonchev–Trinajstić information content (AvgIpc) is 2.24. The molecule has 0 saturated heterocycles. The Morgan fingerprint density at radius 2 is 1.82 bits per heavy atom. The summed E-state index contributed by atoms with van der Waals surface area (Å²) in [6.07, 6.45) is 0.914. The van der Waals surface area contributed by atoms with E-state index in [1.807, 2.05) is 0 Å². The van der Waals surface area contributed by atoms with Crippen LogP contribution in [0.1, 0.15) is 27.2 Å². The minimum absolute atomic E-state index is 0.0577. The Morgan fingerprint density at radius 1 is 1.24 bits per heavy atom. The van der Waals surface area contributed by atoms with E-state index in [0.717, 1.165) is 6.42 Å². The number of nitrogens with one attached hydrogen (secondary N) is 1. The second-order valence-corrected chi connectivity index (χ2v) is 5.28. The van der Waals surface area contributed by atoms with Gasteiger partial charge in [0, 0.05) is 26.8 Å². The second-order valence-electron chi connectivity index (χ2n) is 5.28. The van der Waals surface area contributed by atoms with Gasteiger partial charge in [-0.15, -0.1) is 0 Å². The molecular weight excluding hydrogens is 222 g/mol. The standard InChI is InChI=1S/C12H25NO4/c1-11(2,6-7-16-4)8-13-9-12(3,15)10(14)17-5/h13,15H,6-9H2,1-5H3. The molecule has 0 aromatic heterocycles. The minimum Gasteiger partial charge on any atom is -0.467 e. The van der Waals surface area contributed by atoms with Crippen LogP contribution in [0.15, 0.2) is 0 Å². The van der Waals surface area contributed by atoms with Crippen LogP contribution < -0.4 is 5.32 Å². The molecule has 1 atom stereocenters. The zero-order chi connectivity index (χ0) is 13.5. The molecule has 0 aliphatic rings. The Morgan fingerprint density at radius 3 is 2.29 bits per heavy atom. The molecular formula is C12H25NO4. The van der Waals surface area contributed by atoms with E-state index in [2.05, 4.69) is 23.9 Å². The number of ether oxygens (including phenoxy) is 2. The fourth-order valence-corrected chi connectivity index (χ4v) is 1.40. The molecule has 0 aromatic carbocycles. The molecule has 0 amide bonds. The molecule has 2 N–H and O–H groups in total. The fraction of sp³-hybridized carbons (Fsp3) is 0.917. The van der Waals surface area contributed by atoms with Crippen molar-refractivity contribution in [3.63, 3.8) is 0 Å². The summed E-state index contributed by atoms with van der Waals surface area (Å²) in [4.78, 5) is 11.2. The van der Waals surface area contributed by atoms with Gasteiger partial charge in [0.25, 0.3) is 0 Å². The van der Waals surface area contributed by atoms with E-state index < -0.39 is 11.6 Å². The van der Waals surface area contributed by atoms with Crippen molar-refractivity contribution in [2.45, 2.75) is 32.8 Å². The quantitative estimate of drug-likeness (QED) is 0.614. The van der Waals surface area contributed by atoms with Crippen LogP contribution in [0.4, 0.5) is 0 Å². The smallest absolute Gasteiger partial charge is 0.338 e. The monoisotopic (exact) mass is 247 g/mol. The van der Waals surface area contributed by atoms with Crippen molar-refractivity contribution in [2.24, 2.45) is 5.41 Å². The number of methoxy groups -OCH3 is 2. The van der Waals surface area contributed by atoms with Gasteiger partial charge in [0.2, 0.25) is 0 Å². The van der Waals surface area contributed by atoms with Crippen molar-refractivity contribution in [1.82, 2.24) is 5.32 Å². The molecule has 0 radical (unpaired) electrons. The van der Waals surface area contributed by atoms with E-state index in [0.29, 0.717) is 13.2 Å². The molecule has 0 fully saturated rings. The number of carbonyl (C=O) groups is 1. The van der Waals surface area contributed by atoms with E-state index in [9.17, 15) is 9.90 Å². The normalized spacial score (nSPS) is 15.4. The van der Waals surface area contributed by atoms with Crippen LogP contribution >= 0.6 is 0 Å². The fourth-order valence-electron chi connectivity index (χ4n) is 1.40. The Labute approximate surface area is 103 Å². The third-order valence-electron chi connectivity index (χ3n) is 2.68. The third-order valence-corrected chi connectivity index (χ3v) is 2.68. The van der Waals surface area contributed by atoms with Crippen molar-refractivity contribution >= 4 is 5.97 Å². The maximum absolute atomic E-state index is 11.2. The van der Waals surface area contributed by atoms with Gasteiger partial charge in [0.1, 0.15) is 0 Å². The first-order chi connectivity index (χ1) is 7.75. The van der Waals surface area contributed by atoms with Gasteiger partial charge in [0.05, 0.1) is 7.11 Å². The second kappa shape index (κ2) is 6.93. The van der Waals surface area contributed by atoms with Crippen LogP contribution in [0.2, 0.25) is 0 Å². The first kappa shape index (κ1) is 16.4. The summed E-state index contributed by atoms with van der Waals surface area (Å²) < 4.78 is 9.54. The molecule has 5 heteroatoms. The molecule has 0 aliphatic carbocycles. The summed E-state index contributed by atoms with van der Waals surface area (Å²) in [6, 6.07) is 0. The molecule has 17 heavy (non-hydrogen) atoms. The van der Waals surface area contributed by atoms with Crippen molar-refractivity contribution < 1.29 is 19.4 Å². The largest absolute Gasteiger partial charge is 0.467 e. The van der Waals surface area contributed by atoms with Crippen LogP contribution in [0, 0.1) is 5.41 Å². The van der Waals surface area contributed by atoms with E-state index in [1.165, 1.54) is 14.0 Å². The van der Waals surface area contributed by atoms with E-state index in [1.54, 1.807) is 7.11 Å². The van der Waals surface area contributed by atoms with Crippen LogP contribution in [0.5, 0.6) is 0 Å². The Kier molecular flexibility index (Phi) is 6.67. The van der Waals surface area contributed by atoms with Crippen LogP contribution in [0.25, 0.3) is 0 Å². The summed E-state index contributed by atoms with van der Waals surface area (Å²) in [6.45, 7) is 7.22. The van der Waals surface area contributed by atoms with E-state index >= 15 is 0 Å². The number of hydrogen-bond donors (Lipinski definition) is 2. The topological polar surface area (TPSA) is 67.8 Å². The van der Waals surface area contributed by atoms with Gasteiger partial charge < -0.3 is 19.9 Å².